The zero-order valence-corrected chi connectivity index (χ0v) is 35.8. The molecule has 0 aliphatic carbocycles. The lowest BCUT2D eigenvalue weighted by molar-refractivity contribution is -0.889. The highest BCUT2D eigenvalue weighted by molar-refractivity contribution is 5.70. The summed E-state index contributed by atoms with van der Waals surface area (Å²) >= 11 is 0. The van der Waals surface area contributed by atoms with Gasteiger partial charge in [-0.1, -0.05) is 143 Å². The van der Waals surface area contributed by atoms with Crippen molar-refractivity contribution in [2.45, 2.75) is 148 Å². The molecule has 2 unspecified atom stereocenters. The summed E-state index contributed by atoms with van der Waals surface area (Å²) in [5.74, 6) is -1.86. The Labute approximate surface area is 341 Å². The fourth-order valence-electron chi connectivity index (χ4n) is 5.48. The van der Waals surface area contributed by atoms with Crippen molar-refractivity contribution >= 4 is 17.9 Å². The number of hydrogen-bond acceptors (Lipinski definition) is 7. The predicted molar refractivity (Wildman–Crippen MR) is 231 cm³/mol. The molecule has 0 saturated carbocycles. The molecule has 0 heterocycles. The summed E-state index contributed by atoms with van der Waals surface area (Å²) in [6.45, 7) is 4.38. The van der Waals surface area contributed by atoms with Gasteiger partial charge in [0.2, 0.25) is 0 Å². The van der Waals surface area contributed by atoms with Crippen LogP contribution in [-0.2, 0) is 28.6 Å². The Morgan fingerprint density at radius 2 is 1.09 bits per heavy atom. The standard InChI is InChI=1S/C48H77NO7/c1-6-8-10-12-14-16-18-20-22-23-25-26-28-30-32-34-36-38-46(50)55-43-44(42-54-41-40-45(48(52)53)49(3,4)5)56-47(51)39-37-35-33-31-29-27-24-21-19-17-15-13-11-9-7-2/h9,11,13-17,19-22,24-26,30,32,44-45H,6-8,10,12,18,23,27-29,31,33-43H2,1-5H3/b11-9+,15-13+,16-14+,19-17+,22-20+,24-21+,26-25+,32-30+. The van der Waals surface area contributed by atoms with Gasteiger partial charge in [-0.3, -0.25) is 9.59 Å². The minimum atomic E-state index is -1.14. The minimum absolute atomic E-state index is 0.00699. The maximum absolute atomic E-state index is 12.7. The number of hydrogen-bond donors (Lipinski definition) is 0. The molecule has 0 saturated heterocycles. The number of ether oxygens (including phenoxy) is 3. The number of allylic oxidation sites excluding steroid dienone is 16. The van der Waals surface area contributed by atoms with Crippen LogP contribution in [0.5, 0.6) is 0 Å². The Morgan fingerprint density at radius 3 is 1.70 bits per heavy atom. The number of nitrogens with zero attached hydrogens (tertiary/aromatic N) is 1. The fraction of sp³-hybridized carbons (Fsp3) is 0.604. The second kappa shape index (κ2) is 38.1. The van der Waals surface area contributed by atoms with Crippen molar-refractivity contribution in [3.63, 3.8) is 0 Å². The minimum Gasteiger partial charge on any atom is -0.544 e. The number of unbranched alkanes of at least 4 members (excludes halogenated alkanes) is 9. The SMILES string of the molecule is CC/C=C/C=C/C=C/C=C/CCCCCCCC(=O)OC(COCCC(C(=O)[O-])[N+](C)(C)C)COC(=O)CCC/C=C/C/C=C/C/C=C/C/C=C/CCCCC. The highest BCUT2D eigenvalue weighted by atomic mass is 16.6. The first-order chi connectivity index (χ1) is 27.1. The van der Waals surface area contributed by atoms with Crippen molar-refractivity contribution in [2.75, 3.05) is 41.0 Å². The zero-order chi connectivity index (χ0) is 41.4. The highest BCUT2D eigenvalue weighted by Gasteiger charge is 2.25. The molecule has 0 N–H and O–H groups in total. The molecule has 0 rings (SSSR count). The van der Waals surface area contributed by atoms with Crippen LogP contribution in [0, 0.1) is 0 Å². The van der Waals surface area contributed by atoms with Crippen molar-refractivity contribution < 1.29 is 38.2 Å². The second-order valence-electron chi connectivity index (χ2n) is 14.9. The highest BCUT2D eigenvalue weighted by Crippen LogP contribution is 2.11. The van der Waals surface area contributed by atoms with Crippen molar-refractivity contribution in [1.82, 2.24) is 0 Å². The van der Waals surface area contributed by atoms with Crippen LogP contribution in [0.2, 0.25) is 0 Å². The van der Waals surface area contributed by atoms with Gasteiger partial charge in [0.1, 0.15) is 12.6 Å². The maximum Gasteiger partial charge on any atom is 0.306 e. The number of rotatable bonds is 36. The van der Waals surface area contributed by atoms with Crippen molar-refractivity contribution in [3.05, 3.63) is 97.2 Å². The monoisotopic (exact) mass is 780 g/mol. The van der Waals surface area contributed by atoms with Crippen LogP contribution >= 0.6 is 0 Å². The van der Waals surface area contributed by atoms with Crippen LogP contribution in [-0.4, -0.2) is 75.5 Å². The van der Waals surface area contributed by atoms with E-state index in [9.17, 15) is 19.5 Å². The summed E-state index contributed by atoms with van der Waals surface area (Å²) in [5, 5.41) is 11.6. The smallest absolute Gasteiger partial charge is 0.306 e. The molecule has 0 aromatic carbocycles. The van der Waals surface area contributed by atoms with Gasteiger partial charge < -0.3 is 28.6 Å². The van der Waals surface area contributed by atoms with Gasteiger partial charge in [-0.05, 0) is 70.6 Å². The quantitative estimate of drug-likeness (QED) is 0.0205. The molecule has 2 atom stereocenters. The largest absolute Gasteiger partial charge is 0.544 e. The van der Waals surface area contributed by atoms with Crippen molar-refractivity contribution in [2.24, 2.45) is 0 Å². The molecular weight excluding hydrogens is 703 g/mol. The van der Waals surface area contributed by atoms with E-state index in [0.717, 1.165) is 70.6 Å². The van der Waals surface area contributed by atoms with Gasteiger partial charge in [-0.2, -0.15) is 0 Å². The van der Waals surface area contributed by atoms with Crippen LogP contribution in [0.3, 0.4) is 0 Å². The van der Waals surface area contributed by atoms with E-state index in [1.165, 1.54) is 25.7 Å². The lowest BCUT2D eigenvalue weighted by Gasteiger charge is -2.34. The molecule has 8 nitrogen and oxygen atoms in total. The van der Waals surface area contributed by atoms with Gasteiger partial charge in [0.15, 0.2) is 6.10 Å². The van der Waals surface area contributed by atoms with E-state index in [4.69, 9.17) is 14.2 Å². The molecule has 0 aliphatic heterocycles. The van der Waals surface area contributed by atoms with Gasteiger partial charge in [0.05, 0.1) is 40.3 Å². The van der Waals surface area contributed by atoms with E-state index in [1.54, 1.807) is 21.1 Å². The Hall–Kier alpha value is -3.75. The molecule has 0 spiro atoms. The van der Waals surface area contributed by atoms with E-state index in [2.05, 4.69) is 80.7 Å². The summed E-state index contributed by atoms with van der Waals surface area (Å²) in [7, 11) is 5.36. The number of esters is 2. The molecule has 56 heavy (non-hydrogen) atoms. The Bertz CT molecular complexity index is 1230. The van der Waals surface area contributed by atoms with Crippen molar-refractivity contribution in [3.8, 4) is 0 Å². The summed E-state index contributed by atoms with van der Waals surface area (Å²) in [5.41, 5.74) is 0. The first-order valence-corrected chi connectivity index (χ1v) is 21.3. The summed E-state index contributed by atoms with van der Waals surface area (Å²) < 4.78 is 17.1. The van der Waals surface area contributed by atoms with Crippen LogP contribution < -0.4 is 5.11 Å². The van der Waals surface area contributed by atoms with Gasteiger partial charge in [0, 0.05) is 19.3 Å². The third kappa shape index (κ3) is 35.9. The van der Waals surface area contributed by atoms with Gasteiger partial charge in [0.25, 0.3) is 0 Å². The number of carbonyl (C=O) groups is 3. The predicted octanol–water partition coefficient (Wildman–Crippen LogP) is 10.2. The molecule has 8 heteroatoms. The average molecular weight is 780 g/mol. The first kappa shape index (κ1) is 52.2. The number of likely N-dealkylation sites (N-methyl/N-ethyl adjacent to an activating group) is 1. The summed E-state index contributed by atoms with van der Waals surface area (Å²) in [6, 6.07) is -0.744. The third-order valence-corrected chi connectivity index (χ3v) is 8.80. The van der Waals surface area contributed by atoms with E-state index < -0.39 is 18.1 Å². The van der Waals surface area contributed by atoms with Crippen LogP contribution in [0.4, 0.5) is 0 Å². The fourth-order valence-corrected chi connectivity index (χ4v) is 5.48. The Balaban J connectivity index is 4.53. The molecule has 0 amide bonds. The third-order valence-electron chi connectivity index (χ3n) is 8.80. The molecule has 316 valence electrons. The van der Waals surface area contributed by atoms with E-state index in [1.807, 2.05) is 30.4 Å². The molecule has 0 aromatic heterocycles. The molecule has 0 aliphatic rings. The summed E-state index contributed by atoms with van der Waals surface area (Å²) in [4.78, 5) is 36.8. The number of carboxylic acid groups (broad SMARTS) is 1. The topological polar surface area (TPSA) is 102 Å². The lowest BCUT2D eigenvalue weighted by Crippen LogP contribution is -2.55. The molecule has 0 bridgehead atoms. The molecule has 0 aromatic rings. The zero-order valence-electron chi connectivity index (χ0n) is 35.8. The number of aliphatic carboxylic acids is 1. The summed E-state index contributed by atoms with van der Waals surface area (Å²) in [6.07, 6.45) is 50.1. The van der Waals surface area contributed by atoms with Crippen LogP contribution in [0.25, 0.3) is 0 Å². The lowest BCUT2D eigenvalue weighted by atomic mass is 10.1. The van der Waals surface area contributed by atoms with E-state index >= 15 is 0 Å². The second-order valence-corrected chi connectivity index (χ2v) is 14.9. The van der Waals surface area contributed by atoms with Crippen LogP contribution in [0.15, 0.2) is 97.2 Å². The molecule has 0 radical (unpaired) electrons. The molecule has 0 fully saturated rings. The Morgan fingerprint density at radius 1 is 0.571 bits per heavy atom. The van der Waals surface area contributed by atoms with E-state index in [-0.39, 0.29) is 55.5 Å². The average Bonchev–Trinajstić information content (AvgIpc) is 3.15. The Kier molecular flexibility index (Phi) is 35.6. The normalized spacial score (nSPS) is 13.9. The molecular formula is C48H77NO7. The van der Waals surface area contributed by atoms with Gasteiger partial charge >= 0.3 is 11.9 Å². The number of quaternary nitrogens is 1. The first-order valence-electron chi connectivity index (χ1n) is 21.3. The van der Waals surface area contributed by atoms with Gasteiger partial charge in [-0.15, -0.1) is 0 Å². The maximum atomic E-state index is 12.7. The van der Waals surface area contributed by atoms with Crippen LogP contribution in [0.1, 0.15) is 136 Å². The van der Waals surface area contributed by atoms with Crippen molar-refractivity contribution in [1.29, 1.82) is 0 Å². The van der Waals surface area contributed by atoms with E-state index in [0.29, 0.717) is 6.42 Å². The van der Waals surface area contributed by atoms with Gasteiger partial charge in [-0.25, -0.2) is 0 Å². The number of carbonyl (C=O) groups excluding carboxylic acids is 3. The number of carboxylic acids is 1.